The van der Waals surface area contributed by atoms with E-state index in [9.17, 15) is 0 Å². The van der Waals surface area contributed by atoms with Gasteiger partial charge in [-0.25, -0.2) is 5.90 Å². The van der Waals surface area contributed by atoms with Crippen LogP contribution in [-0.2, 0) is 11.3 Å². The first kappa shape index (κ1) is 11.0. The molecule has 0 radical (unpaired) electrons. The zero-order valence-corrected chi connectivity index (χ0v) is 8.69. The molecule has 2 N–H and O–H groups in total. The van der Waals surface area contributed by atoms with Gasteiger partial charge in [0.15, 0.2) is 0 Å². The molecule has 0 aromatic heterocycles. The van der Waals surface area contributed by atoms with E-state index in [4.69, 9.17) is 10.6 Å². The van der Waals surface area contributed by atoms with Crippen molar-refractivity contribution in [1.82, 2.24) is 0 Å². The van der Waals surface area contributed by atoms with Crippen LogP contribution in [0.25, 0.3) is 0 Å². The first-order valence-electron chi connectivity index (χ1n) is 4.79. The predicted molar refractivity (Wildman–Crippen MR) is 56.0 cm³/mol. The van der Waals surface area contributed by atoms with Crippen molar-refractivity contribution >= 4 is 0 Å². The minimum absolute atomic E-state index is 0.216. The summed E-state index contributed by atoms with van der Waals surface area (Å²) in [6, 6.07) is 7.98. The molecule has 1 aromatic carbocycles. The highest BCUT2D eigenvalue weighted by molar-refractivity contribution is 5.27. The maximum atomic E-state index is 5.52. The van der Waals surface area contributed by atoms with Crippen LogP contribution in [0.4, 0.5) is 0 Å². The lowest BCUT2D eigenvalue weighted by Crippen LogP contribution is -2.06. The van der Waals surface area contributed by atoms with Crippen LogP contribution >= 0.6 is 0 Å². The van der Waals surface area contributed by atoms with E-state index in [2.05, 4.69) is 4.84 Å². The largest absolute Gasteiger partial charge is 0.491 e. The lowest BCUT2D eigenvalue weighted by Gasteiger charge is -2.09. The van der Waals surface area contributed by atoms with Crippen LogP contribution in [-0.4, -0.2) is 12.7 Å². The minimum Gasteiger partial charge on any atom is -0.491 e. The molecule has 0 bridgehead atoms. The van der Waals surface area contributed by atoms with Crippen LogP contribution in [0, 0.1) is 0 Å². The highest BCUT2D eigenvalue weighted by Gasteiger charge is 1.97. The molecule has 78 valence electrons. The number of hydrogen-bond donors (Lipinski definition) is 1. The summed E-state index contributed by atoms with van der Waals surface area (Å²) in [7, 11) is 0. The van der Waals surface area contributed by atoms with Crippen molar-refractivity contribution in [2.75, 3.05) is 6.61 Å². The van der Waals surface area contributed by atoms with E-state index in [0.717, 1.165) is 12.2 Å². The molecule has 3 heteroatoms. The third-order valence-electron chi connectivity index (χ3n) is 1.80. The molecule has 0 aliphatic rings. The van der Waals surface area contributed by atoms with Gasteiger partial charge in [-0.1, -0.05) is 12.1 Å². The Hall–Kier alpha value is -1.06. The summed E-state index contributed by atoms with van der Waals surface area (Å²) in [5.74, 6) is 5.85. The Kier molecular flexibility index (Phi) is 4.43. The molecule has 0 saturated heterocycles. The average Bonchev–Trinajstić information content (AvgIpc) is 2.16. The van der Waals surface area contributed by atoms with Gasteiger partial charge in [0.05, 0.1) is 12.7 Å². The second-order valence-corrected chi connectivity index (χ2v) is 3.43. The summed E-state index contributed by atoms with van der Waals surface area (Å²) in [6.45, 7) is 4.57. The fourth-order valence-electron chi connectivity index (χ4n) is 1.18. The van der Waals surface area contributed by atoms with E-state index in [1.165, 1.54) is 5.56 Å². The van der Waals surface area contributed by atoms with Crippen molar-refractivity contribution in [3.8, 4) is 5.75 Å². The van der Waals surface area contributed by atoms with Gasteiger partial charge in [0.2, 0.25) is 0 Å². The van der Waals surface area contributed by atoms with Crippen LogP contribution in [0.5, 0.6) is 5.75 Å². The number of rotatable bonds is 5. The summed E-state index contributed by atoms with van der Waals surface area (Å²) in [5.41, 5.74) is 1.20. The monoisotopic (exact) mass is 195 g/mol. The average molecular weight is 195 g/mol. The van der Waals surface area contributed by atoms with Crippen LogP contribution in [0.1, 0.15) is 19.4 Å². The van der Waals surface area contributed by atoms with Crippen molar-refractivity contribution in [3.63, 3.8) is 0 Å². The quantitative estimate of drug-likeness (QED) is 0.730. The van der Waals surface area contributed by atoms with E-state index in [-0.39, 0.29) is 6.10 Å². The van der Waals surface area contributed by atoms with Gasteiger partial charge in [0, 0.05) is 0 Å². The fraction of sp³-hybridized carbons (Fsp3) is 0.455. The van der Waals surface area contributed by atoms with Crippen molar-refractivity contribution in [2.45, 2.75) is 26.4 Å². The van der Waals surface area contributed by atoms with Crippen molar-refractivity contribution in [1.29, 1.82) is 0 Å². The molecule has 0 unspecified atom stereocenters. The fourth-order valence-corrected chi connectivity index (χ4v) is 1.18. The minimum atomic E-state index is 0.216. The summed E-state index contributed by atoms with van der Waals surface area (Å²) in [6.07, 6.45) is 1.05. The van der Waals surface area contributed by atoms with Crippen molar-refractivity contribution < 1.29 is 9.57 Å². The summed E-state index contributed by atoms with van der Waals surface area (Å²) >= 11 is 0. The SMILES string of the molecule is CC(C)Oc1ccc(CCON)cc1. The van der Waals surface area contributed by atoms with E-state index in [1.54, 1.807) is 0 Å². The van der Waals surface area contributed by atoms with Gasteiger partial charge in [-0.2, -0.15) is 0 Å². The summed E-state index contributed by atoms with van der Waals surface area (Å²) < 4.78 is 5.52. The molecule has 0 fully saturated rings. The van der Waals surface area contributed by atoms with Crippen LogP contribution in [0.15, 0.2) is 24.3 Å². The Morgan fingerprint density at radius 2 is 1.86 bits per heavy atom. The van der Waals surface area contributed by atoms with Gasteiger partial charge in [-0.15, -0.1) is 0 Å². The zero-order valence-electron chi connectivity index (χ0n) is 8.69. The lowest BCUT2D eigenvalue weighted by molar-refractivity contribution is 0.141. The van der Waals surface area contributed by atoms with Gasteiger partial charge in [-0.05, 0) is 38.0 Å². The highest BCUT2D eigenvalue weighted by atomic mass is 16.6. The predicted octanol–water partition coefficient (Wildman–Crippen LogP) is 1.91. The van der Waals surface area contributed by atoms with E-state index >= 15 is 0 Å². The molecule has 0 aliphatic heterocycles. The number of benzene rings is 1. The standard InChI is InChI=1S/C11H17NO2/c1-9(2)14-11-5-3-10(4-6-11)7-8-13-12/h3-6,9H,7-8,12H2,1-2H3. The van der Waals surface area contributed by atoms with Crippen molar-refractivity contribution in [3.05, 3.63) is 29.8 Å². The van der Waals surface area contributed by atoms with Crippen LogP contribution < -0.4 is 10.6 Å². The Morgan fingerprint density at radius 3 is 2.36 bits per heavy atom. The molecule has 3 nitrogen and oxygen atoms in total. The molecular weight excluding hydrogens is 178 g/mol. The van der Waals surface area contributed by atoms with Crippen LogP contribution in [0.3, 0.4) is 0 Å². The van der Waals surface area contributed by atoms with Gasteiger partial charge >= 0.3 is 0 Å². The molecule has 0 spiro atoms. The summed E-state index contributed by atoms with van der Waals surface area (Å²) in [5, 5.41) is 0. The number of ether oxygens (including phenoxy) is 1. The lowest BCUT2D eigenvalue weighted by atomic mass is 10.1. The smallest absolute Gasteiger partial charge is 0.119 e. The third-order valence-corrected chi connectivity index (χ3v) is 1.80. The molecule has 0 heterocycles. The zero-order chi connectivity index (χ0) is 10.4. The van der Waals surface area contributed by atoms with E-state index < -0.39 is 0 Å². The normalized spacial score (nSPS) is 10.6. The van der Waals surface area contributed by atoms with Crippen LogP contribution in [0.2, 0.25) is 0 Å². The van der Waals surface area contributed by atoms with Crippen molar-refractivity contribution in [2.24, 2.45) is 5.90 Å². The molecule has 1 rings (SSSR count). The molecule has 0 aliphatic carbocycles. The molecule has 0 atom stereocenters. The Balaban J connectivity index is 2.50. The number of nitrogens with two attached hydrogens (primary N) is 1. The van der Waals surface area contributed by atoms with Gasteiger partial charge in [0.25, 0.3) is 0 Å². The van der Waals surface area contributed by atoms with Gasteiger partial charge in [-0.3, -0.25) is 0 Å². The Labute approximate surface area is 84.8 Å². The molecule has 0 saturated carbocycles. The van der Waals surface area contributed by atoms with Gasteiger partial charge in [0.1, 0.15) is 5.75 Å². The number of hydrogen-bond acceptors (Lipinski definition) is 3. The maximum absolute atomic E-state index is 5.52. The highest BCUT2D eigenvalue weighted by Crippen LogP contribution is 2.13. The van der Waals surface area contributed by atoms with Gasteiger partial charge < -0.3 is 9.57 Å². The second kappa shape index (κ2) is 5.62. The topological polar surface area (TPSA) is 44.5 Å². The summed E-state index contributed by atoms with van der Waals surface area (Å²) in [4.78, 5) is 4.51. The first-order valence-corrected chi connectivity index (χ1v) is 4.79. The third kappa shape index (κ3) is 3.77. The maximum Gasteiger partial charge on any atom is 0.119 e. The molecule has 14 heavy (non-hydrogen) atoms. The molecular formula is C11H17NO2. The van der Waals surface area contributed by atoms with E-state index in [0.29, 0.717) is 6.61 Å². The Morgan fingerprint density at radius 1 is 1.21 bits per heavy atom. The Bertz CT molecular complexity index is 256. The molecule has 1 aromatic rings. The first-order chi connectivity index (χ1) is 6.72. The van der Waals surface area contributed by atoms with E-state index in [1.807, 2.05) is 38.1 Å². The molecule has 0 amide bonds. The second-order valence-electron chi connectivity index (χ2n) is 3.43.